The molecule has 0 aliphatic carbocycles. The number of nitriles is 1. The van der Waals surface area contributed by atoms with Crippen molar-refractivity contribution >= 4 is 5.91 Å². The maximum atomic E-state index is 12.3. The Balaban J connectivity index is 1.80. The molecule has 3 nitrogen and oxygen atoms in total. The summed E-state index contributed by atoms with van der Waals surface area (Å²) < 4.78 is 0. The van der Waals surface area contributed by atoms with Crippen LogP contribution in [0.1, 0.15) is 28.8 Å². The predicted molar refractivity (Wildman–Crippen MR) is 81.7 cm³/mol. The van der Waals surface area contributed by atoms with Crippen LogP contribution in [0.5, 0.6) is 0 Å². The minimum Gasteiger partial charge on any atom is -0.339 e. The first-order valence-electron chi connectivity index (χ1n) is 7.18. The maximum absolute atomic E-state index is 12.3. The van der Waals surface area contributed by atoms with Gasteiger partial charge in [-0.25, -0.2) is 0 Å². The molecule has 0 atom stereocenters. The molecular formula is C18H16N2O. The average molecular weight is 276 g/mol. The molecule has 1 fully saturated rings. The third-order valence-electron chi connectivity index (χ3n) is 3.87. The van der Waals surface area contributed by atoms with E-state index in [0.717, 1.165) is 42.6 Å². The van der Waals surface area contributed by atoms with Crippen molar-refractivity contribution in [3.05, 3.63) is 59.7 Å². The van der Waals surface area contributed by atoms with E-state index < -0.39 is 0 Å². The van der Waals surface area contributed by atoms with Crippen LogP contribution < -0.4 is 0 Å². The topological polar surface area (TPSA) is 44.1 Å². The maximum Gasteiger partial charge on any atom is 0.253 e. The van der Waals surface area contributed by atoms with Gasteiger partial charge in [-0.05, 0) is 48.2 Å². The predicted octanol–water partition coefficient (Wildman–Crippen LogP) is 3.46. The molecule has 2 aromatic rings. The van der Waals surface area contributed by atoms with E-state index in [4.69, 9.17) is 5.26 Å². The summed E-state index contributed by atoms with van der Waals surface area (Å²) >= 11 is 0. The normalized spacial score (nSPS) is 14.0. The number of hydrogen-bond acceptors (Lipinski definition) is 2. The lowest BCUT2D eigenvalue weighted by atomic mass is 10.0. The summed E-state index contributed by atoms with van der Waals surface area (Å²) in [6.07, 6.45) is 2.21. The molecule has 104 valence electrons. The fourth-order valence-electron chi connectivity index (χ4n) is 2.65. The van der Waals surface area contributed by atoms with Crippen molar-refractivity contribution in [2.45, 2.75) is 12.8 Å². The number of rotatable bonds is 2. The Morgan fingerprint density at radius 2 is 1.43 bits per heavy atom. The van der Waals surface area contributed by atoms with Crippen molar-refractivity contribution in [3.8, 4) is 17.2 Å². The van der Waals surface area contributed by atoms with E-state index in [0.29, 0.717) is 5.56 Å². The summed E-state index contributed by atoms with van der Waals surface area (Å²) in [5.74, 6) is 0.124. The minimum atomic E-state index is 0.124. The summed E-state index contributed by atoms with van der Waals surface area (Å²) in [7, 11) is 0. The summed E-state index contributed by atoms with van der Waals surface area (Å²) in [5, 5.41) is 8.81. The van der Waals surface area contributed by atoms with Crippen molar-refractivity contribution in [1.82, 2.24) is 4.90 Å². The lowest BCUT2D eigenvalue weighted by molar-refractivity contribution is 0.0793. The monoisotopic (exact) mass is 276 g/mol. The Bertz CT molecular complexity index is 675. The van der Waals surface area contributed by atoms with Gasteiger partial charge in [0, 0.05) is 18.7 Å². The van der Waals surface area contributed by atoms with E-state index in [2.05, 4.69) is 6.07 Å². The van der Waals surface area contributed by atoms with E-state index in [9.17, 15) is 4.79 Å². The molecule has 1 amide bonds. The van der Waals surface area contributed by atoms with Crippen LogP contribution in [0.4, 0.5) is 0 Å². The van der Waals surface area contributed by atoms with Gasteiger partial charge in [-0.3, -0.25) is 4.79 Å². The van der Waals surface area contributed by atoms with Gasteiger partial charge in [-0.15, -0.1) is 0 Å². The molecule has 2 aromatic carbocycles. The van der Waals surface area contributed by atoms with Crippen LogP contribution in [0.2, 0.25) is 0 Å². The molecule has 21 heavy (non-hydrogen) atoms. The number of carbonyl (C=O) groups is 1. The Morgan fingerprint density at radius 1 is 0.905 bits per heavy atom. The van der Waals surface area contributed by atoms with Crippen molar-refractivity contribution in [2.24, 2.45) is 0 Å². The second kappa shape index (κ2) is 5.80. The first-order valence-corrected chi connectivity index (χ1v) is 7.18. The van der Waals surface area contributed by atoms with E-state index in [1.54, 1.807) is 12.1 Å². The number of hydrogen-bond donors (Lipinski definition) is 0. The SMILES string of the molecule is N#Cc1ccc(-c2ccc(C(=O)N3CCCC3)cc2)cc1. The molecule has 0 spiro atoms. The molecule has 0 radical (unpaired) electrons. The number of carbonyl (C=O) groups excluding carboxylic acids is 1. The molecule has 1 aliphatic heterocycles. The van der Waals surface area contributed by atoms with E-state index in [1.165, 1.54) is 0 Å². The fourth-order valence-corrected chi connectivity index (χ4v) is 2.65. The molecule has 0 unspecified atom stereocenters. The van der Waals surface area contributed by atoms with E-state index >= 15 is 0 Å². The van der Waals surface area contributed by atoms with Crippen molar-refractivity contribution in [1.29, 1.82) is 5.26 Å². The number of benzene rings is 2. The third kappa shape index (κ3) is 2.80. The van der Waals surface area contributed by atoms with Gasteiger partial charge in [-0.2, -0.15) is 5.26 Å². The lowest BCUT2D eigenvalue weighted by Gasteiger charge is -2.15. The minimum absolute atomic E-state index is 0.124. The van der Waals surface area contributed by atoms with Crippen LogP contribution in [0.25, 0.3) is 11.1 Å². The number of nitrogens with zero attached hydrogens (tertiary/aromatic N) is 2. The van der Waals surface area contributed by atoms with Crippen LogP contribution >= 0.6 is 0 Å². The zero-order valence-corrected chi connectivity index (χ0v) is 11.7. The Morgan fingerprint density at radius 3 is 1.95 bits per heavy atom. The van der Waals surface area contributed by atoms with Gasteiger partial charge in [0.2, 0.25) is 0 Å². The van der Waals surface area contributed by atoms with Gasteiger partial charge in [0.05, 0.1) is 11.6 Å². The third-order valence-corrected chi connectivity index (χ3v) is 3.87. The molecule has 1 aliphatic rings. The quantitative estimate of drug-likeness (QED) is 0.843. The highest BCUT2D eigenvalue weighted by atomic mass is 16.2. The molecule has 3 heteroatoms. The average Bonchev–Trinajstić information content (AvgIpc) is 3.09. The summed E-state index contributed by atoms with van der Waals surface area (Å²) in [5.41, 5.74) is 3.50. The van der Waals surface area contributed by atoms with Crippen LogP contribution in [0, 0.1) is 11.3 Å². The van der Waals surface area contributed by atoms with Gasteiger partial charge >= 0.3 is 0 Å². The number of amides is 1. The Kier molecular flexibility index (Phi) is 3.70. The molecule has 1 heterocycles. The first-order chi connectivity index (χ1) is 10.3. The standard InChI is InChI=1S/C18H16N2O/c19-13-14-3-5-15(6-4-14)16-7-9-17(10-8-16)18(21)20-11-1-2-12-20/h3-10H,1-2,11-12H2. The van der Waals surface area contributed by atoms with E-state index in [-0.39, 0.29) is 5.91 Å². The van der Waals surface area contributed by atoms with Crippen LogP contribution in [0.15, 0.2) is 48.5 Å². The van der Waals surface area contributed by atoms with Gasteiger partial charge in [0.15, 0.2) is 0 Å². The molecule has 0 N–H and O–H groups in total. The largest absolute Gasteiger partial charge is 0.339 e. The summed E-state index contributed by atoms with van der Waals surface area (Å²) in [4.78, 5) is 14.2. The van der Waals surface area contributed by atoms with E-state index in [1.807, 2.05) is 41.3 Å². The van der Waals surface area contributed by atoms with Crippen molar-refractivity contribution in [2.75, 3.05) is 13.1 Å². The van der Waals surface area contributed by atoms with Gasteiger partial charge in [0.1, 0.15) is 0 Å². The number of likely N-dealkylation sites (tertiary alicyclic amines) is 1. The van der Waals surface area contributed by atoms with Crippen molar-refractivity contribution in [3.63, 3.8) is 0 Å². The Labute approximate surface area is 124 Å². The van der Waals surface area contributed by atoms with Gasteiger partial charge < -0.3 is 4.90 Å². The Hall–Kier alpha value is -2.60. The highest BCUT2D eigenvalue weighted by molar-refractivity contribution is 5.94. The molecule has 1 saturated heterocycles. The van der Waals surface area contributed by atoms with Crippen LogP contribution in [0.3, 0.4) is 0 Å². The smallest absolute Gasteiger partial charge is 0.253 e. The fraction of sp³-hybridized carbons (Fsp3) is 0.222. The summed E-state index contributed by atoms with van der Waals surface area (Å²) in [6.45, 7) is 1.74. The van der Waals surface area contributed by atoms with Gasteiger partial charge in [-0.1, -0.05) is 24.3 Å². The highest BCUT2D eigenvalue weighted by Gasteiger charge is 2.19. The lowest BCUT2D eigenvalue weighted by Crippen LogP contribution is -2.27. The second-order valence-corrected chi connectivity index (χ2v) is 5.27. The molecular weight excluding hydrogens is 260 g/mol. The highest BCUT2D eigenvalue weighted by Crippen LogP contribution is 2.21. The zero-order valence-electron chi connectivity index (χ0n) is 11.7. The molecule has 0 aromatic heterocycles. The van der Waals surface area contributed by atoms with Crippen LogP contribution in [-0.4, -0.2) is 23.9 Å². The molecule has 0 bridgehead atoms. The second-order valence-electron chi connectivity index (χ2n) is 5.27. The van der Waals surface area contributed by atoms with Crippen LogP contribution in [-0.2, 0) is 0 Å². The zero-order chi connectivity index (χ0) is 14.7. The first kappa shape index (κ1) is 13.4. The van der Waals surface area contributed by atoms with Gasteiger partial charge in [0.25, 0.3) is 5.91 Å². The summed E-state index contributed by atoms with van der Waals surface area (Å²) in [6, 6.07) is 17.3. The molecule has 0 saturated carbocycles. The van der Waals surface area contributed by atoms with Crippen molar-refractivity contribution < 1.29 is 4.79 Å². The molecule has 3 rings (SSSR count).